The normalized spacial score (nSPS) is 17.5. The maximum atomic E-state index is 5.59. The van der Waals surface area contributed by atoms with Crippen molar-refractivity contribution in [3.05, 3.63) is 60.2 Å². The number of benzene rings is 2. The molecule has 1 aliphatic rings. The largest absolute Gasteiger partial charge is 0.348 e. The third kappa shape index (κ3) is 3.62. The number of hydrogen-bond donors (Lipinski definition) is 1. The van der Waals surface area contributed by atoms with Crippen LogP contribution in [0.2, 0.25) is 0 Å². The first kappa shape index (κ1) is 15.4. The Morgan fingerprint density at radius 1 is 1.18 bits per heavy atom. The van der Waals surface area contributed by atoms with Gasteiger partial charge in [0.15, 0.2) is 5.11 Å². The van der Waals surface area contributed by atoms with Gasteiger partial charge >= 0.3 is 0 Å². The molecule has 0 amide bonds. The number of nitrogens with zero attached hydrogens (tertiary/aromatic N) is 1. The second kappa shape index (κ2) is 7.16. The summed E-state index contributed by atoms with van der Waals surface area (Å²) >= 11 is 7.33. The Kier molecular flexibility index (Phi) is 5.01. The Bertz CT molecular complexity index is 643. The smallest absolute Gasteiger partial charge is 0.173 e. The SMILES string of the molecule is CSc1cccc(NC(=S)N2CC[C@@H](c3ccccc3)C2)c1. The van der Waals surface area contributed by atoms with Crippen LogP contribution in [0.4, 0.5) is 5.69 Å². The van der Waals surface area contributed by atoms with Crippen molar-refractivity contribution in [3.8, 4) is 0 Å². The van der Waals surface area contributed by atoms with Crippen molar-refractivity contribution < 1.29 is 0 Å². The molecule has 0 saturated carbocycles. The van der Waals surface area contributed by atoms with Gasteiger partial charge in [-0.25, -0.2) is 0 Å². The first-order chi connectivity index (χ1) is 10.8. The molecule has 1 saturated heterocycles. The first-order valence-corrected chi connectivity index (χ1v) is 9.14. The van der Waals surface area contributed by atoms with E-state index in [2.05, 4.69) is 71.1 Å². The highest BCUT2D eigenvalue weighted by Gasteiger charge is 2.25. The molecule has 22 heavy (non-hydrogen) atoms. The Balaban J connectivity index is 1.62. The van der Waals surface area contributed by atoms with Crippen LogP contribution >= 0.6 is 24.0 Å². The minimum Gasteiger partial charge on any atom is -0.348 e. The molecule has 0 aromatic heterocycles. The van der Waals surface area contributed by atoms with E-state index >= 15 is 0 Å². The average molecular weight is 329 g/mol. The number of nitrogens with one attached hydrogen (secondary N) is 1. The zero-order valence-corrected chi connectivity index (χ0v) is 14.3. The summed E-state index contributed by atoms with van der Waals surface area (Å²) < 4.78 is 0. The number of thiocarbonyl (C=S) groups is 1. The van der Waals surface area contributed by atoms with E-state index in [1.165, 1.54) is 10.5 Å². The maximum absolute atomic E-state index is 5.59. The van der Waals surface area contributed by atoms with Gasteiger partial charge in [-0.2, -0.15) is 0 Å². The summed E-state index contributed by atoms with van der Waals surface area (Å²) in [4.78, 5) is 3.52. The highest BCUT2D eigenvalue weighted by molar-refractivity contribution is 7.98. The van der Waals surface area contributed by atoms with E-state index in [9.17, 15) is 0 Å². The van der Waals surface area contributed by atoms with E-state index in [-0.39, 0.29) is 0 Å². The third-order valence-electron chi connectivity index (χ3n) is 4.07. The fraction of sp³-hybridized carbons (Fsp3) is 0.278. The highest BCUT2D eigenvalue weighted by Crippen LogP contribution is 2.27. The molecule has 4 heteroatoms. The first-order valence-electron chi connectivity index (χ1n) is 7.51. The van der Waals surface area contributed by atoms with Gasteiger partial charge in [0.1, 0.15) is 0 Å². The van der Waals surface area contributed by atoms with Crippen molar-refractivity contribution >= 4 is 34.8 Å². The molecule has 0 spiro atoms. The molecule has 3 rings (SSSR count). The summed E-state index contributed by atoms with van der Waals surface area (Å²) in [6, 6.07) is 19.1. The molecule has 1 heterocycles. The summed E-state index contributed by atoms with van der Waals surface area (Å²) in [6.45, 7) is 2.02. The van der Waals surface area contributed by atoms with Crippen LogP contribution in [0.15, 0.2) is 59.5 Å². The van der Waals surface area contributed by atoms with Crippen LogP contribution in [0.25, 0.3) is 0 Å². The van der Waals surface area contributed by atoms with Gasteiger partial charge in [0, 0.05) is 29.6 Å². The molecule has 0 unspecified atom stereocenters. The molecule has 2 nitrogen and oxygen atoms in total. The second-order valence-electron chi connectivity index (χ2n) is 5.50. The third-order valence-corrected chi connectivity index (χ3v) is 5.15. The van der Waals surface area contributed by atoms with Crippen molar-refractivity contribution in [1.82, 2.24) is 4.90 Å². The van der Waals surface area contributed by atoms with Gasteiger partial charge in [-0.15, -0.1) is 11.8 Å². The molecule has 0 aliphatic carbocycles. The number of likely N-dealkylation sites (tertiary alicyclic amines) is 1. The lowest BCUT2D eigenvalue weighted by molar-refractivity contribution is 0.518. The predicted octanol–water partition coefficient (Wildman–Crippen LogP) is 4.59. The zero-order valence-electron chi connectivity index (χ0n) is 12.7. The average Bonchev–Trinajstić information content (AvgIpc) is 3.06. The van der Waals surface area contributed by atoms with E-state index in [0.29, 0.717) is 5.92 Å². The number of rotatable bonds is 3. The van der Waals surface area contributed by atoms with E-state index in [0.717, 1.165) is 30.3 Å². The molecular formula is C18H20N2S2. The lowest BCUT2D eigenvalue weighted by Crippen LogP contribution is -2.32. The van der Waals surface area contributed by atoms with Crippen molar-refractivity contribution in [1.29, 1.82) is 0 Å². The van der Waals surface area contributed by atoms with E-state index in [1.54, 1.807) is 11.8 Å². The molecule has 0 bridgehead atoms. The summed E-state index contributed by atoms with van der Waals surface area (Å²) in [5.74, 6) is 0.582. The summed E-state index contributed by atoms with van der Waals surface area (Å²) in [5, 5.41) is 4.20. The number of anilines is 1. The lowest BCUT2D eigenvalue weighted by Gasteiger charge is -2.21. The molecule has 114 valence electrons. The van der Waals surface area contributed by atoms with Gasteiger partial charge < -0.3 is 10.2 Å². The van der Waals surface area contributed by atoms with Crippen LogP contribution < -0.4 is 5.32 Å². The van der Waals surface area contributed by atoms with Crippen molar-refractivity contribution in [2.45, 2.75) is 17.2 Å². The van der Waals surface area contributed by atoms with Crippen LogP contribution in [-0.2, 0) is 0 Å². The summed E-state index contributed by atoms with van der Waals surface area (Å²) in [6.07, 6.45) is 3.25. The van der Waals surface area contributed by atoms with Gasteiger partial charge in [0.2, 0.25) is 0 Å². The molecule has 1 fully saturated rings. The second-order valence-corrected chi connectivity index (χ2v) is 6.77. The van der Waals surface area contributed by atoms with Crippen LogP contribution in [0.1, 0.15) is 17.9 Å². The lowest BCUT2D eigenvalue weighted by atomic mass is 9.99. The topological polar surface area (TPSA) is 15.3 Å². The van der Waals surface area contributed by atoms with Crippen LogP contribution in [0.3, 0.4) is 0 Å². The molecule has 1 atom stereocenters. The van der Waals surface area contributed by atoms with Crippen molar-refractivity contribution in [3.63, 3.8) is 0 Å². The molecule has 1 N–H and O–H groups in total. The fourth-order valence-corrected chi connectivity index (χ4v) is 3.59. The monoisotopic (exact) mass is 328 g/mol. The van der Waals surface area contributed by atoms with Crippen LogP contribution in [-0.4, -0.2) is 29.4 Å². The predicted molar refractivity (Wildman–Crippen MR) is 99.8 cm³/mol. The highest BCUT2D eigenvalue weighted by atomic mass is 32.2. The van der Waals surface area contributed by atoms with Gasteiger partial charge in [-0.1, -0.05) is 36.4 Å². The van der Waals surface area contributed by atoms with Gasteiger partial charge in [0.05, 0.1) is 0 Å². The number of hydrogen-bond acceptors (Lipinski definition) is 2. The van der Waals surface area contributed by atoms with Crippen LogP contribution in [0.5, 0.6) is 0 Å². The standard InChI is InChI=1S/C18H20N2S2/c1-22-17-9-5-8-16(12-17)19-18(21)20-11-10-15(13-20)14-6-3-2-4-7-14/h2-9,12,15H,10-11,13H2,1H3,(H,19,21)/t15-/m1/s1. The minimum atomic E-state index is 0.582. The fourth-order valence-electron chi connectivity index (χ4n) is 2.85. The minimum absolute atomic E-state index is 0.582. The summed E-state index contributed by atoms with van der Waals surface area (Å²) in [7, 11) is 0. The van der Waals surface area contributed by atoms with E-state index < -0.39 is 0 Å². The quantitative estimate of drug-likeness (QED) is 0.654. The van der Waals surface area contributed by atoms with Crippen molar-refractivity contribution in [2.24, 2.45) is 0 Å². The molecule has 2 aromatic rings. The zero-order chi connectivity index (χ0) is 15.4. The van der Waals surface area contributed by atoms with Gasteiger partial charge in [-0.3, -0.25) is 0 Å². The van der Waals surface area contributed by atoms with Gasteiger partial charge in [0.25, 0.3) is 0 Å². The molecule has 2 aromatic carbocycles. The van der Waals surface area contributed by atoms with E-state index in [4.69, 9.17) is 12.2 Å². The maximum Gasteiger partial charge on any atom is 0.173 e. The van der Waals surface area contributed by atoms with Crippen molar-refractivity contribution in [2.75, 3.05) is 24.7 Å². The molecular weight excluding hydrogens is 308 g/mol. The molecule has 0 radical (unpaired) electrons. The Morgan fingerprint density at radius 3 is 2.77 bits per heavy atom. The summed E-state index contributed by atoms with van der Waals surface area (Å²) in [5.41, 5.74) is 2.48. The van der Waals surface area contributed by atoms with E-state index in [1.807, 2.05) is 0 Å². The van der Waals surface area contributed by atoms with Crippen LogP contribution in [0, 0.1) is 0 Å². The number of thioether (sulfide) groups is 1. The molecule has 1 aliphatic heterocycles. The Morgan fingerprint density at radius 2 is 2.00 bits per heavy atom. The Labute approximate surface area is 141 Å². The Hall–Kier alpha value is -1.52. The van der Waals surface area contributed by atoms with Gasteiger partial charge in [-0.05, 0) is 48.7 Å².